The van der Waals surface area contributed by atoms with Gasteiger partial charge >= 0.3 is 5.97 Å². The molecule has 2 atom stereocenters. The number of carbonyl (C=O) groups excluding carboxylic acids is 2. The molecule has 3 N–H and O–H groups in total. The maximum Gasteiger partial charge on any atom is 0.305 e. The van der Waals surface area contributed by atoms with Crippen molar-refractivity contribution >= 4 is 11.9 Å². The molecule has 6 heteroatoms. The molecule has 79 heavy (non-hydrogen) atoms. The fourth-order valence-corrected chi connectivity index (χ4v) is 11.5. The molecule has 0 aliphatic carbocycles. The zero-order valence-electron chi connectivity index (χ0n) is 53.6. The lowest BCUT2D eigenvalue weighted by Crippen LogP contribution is -2.45. The lowest BCUT2D eigenvalue weighted by atomic mass is 10.0. The molecule has 2 unspecified atom stereocenters. The number of hydrogen-bond acceptors (Lipinski definition) is 5. The van der Waals surface area contributed by atoms with Crippen molar-refractivity contribution in [3.05, 3.63) is 24.3 Å². The molecule has 6 nitrogen and oxygen atoms in total. The first-order valence-corrected chi connectivity index (χ1v) is 36.1. The van der Waals surface area contributed by atoms with Gasteiger partial charge in [0.05, 0.1) is 25.4 Å². The standard InChI is InChI=1S/C73H141NO5/c1-3-5-7-9-11-13-15-16-17-39-42-46-49-53-57-61-65-71(76)70(69-75)74-72(77)66-62-58-54-50-47-43-40-37-35-33-31-29-27-25-23-21-19-18-20-22-24-26-28-30-32-34-36-38-41-44-48-52-56-60-64-68-79-73(78)67-63-59-55-51-45-14-12-10-8-6-4-2/h20,22,61,65,70-71,75-76H,3-19,21,23-60,62-64,66-69H2,1-2H3,(H,74,77)/b22-20-,65-61+. The SMILES string of the molecule is CCCCCCCCCCCCCCCC/C=C/C(O)C(CO)NC(=O)CCCCCCCCCCCCCCCCCCC/C=C\CCCCCCCCCCCCCCCCOC(=O)CCCCCCCCCCCCC. The van der Waals surface area contributed by atoms with Gasteiger partial charge in [-0.1, -0.05) is 359 Å². The van der Waals surface area contributed by atoms with Gasteiger partial charge in [0.1, 0.15) is 0 Å². The molecule has 0 aromatic rings. The number of nitrogens with one attached hydrogen (secondary N) is 1. The summed E-state index contributed by atoms with van der Waals surface area (Å²) in [5.41, 5.74) is 0. The molecule has 0 saturated carbocycles. The summed E-state index contributed by atoms with van der Waals surface area (Å²) in [7, 11) is 0. The van der Waals surface area contributed by atoms with Gasteiger partial charge in [0.25, 0.3) is 0 Å². The second-order valence-corrected chi connectivity index (χ2v) is 24.9. The normalized spacial score (nSPS) is 12.6. The van der Waals surface area contributed by atoms with Gasteiger partial charge in [-0.3, -0.25) is 9.59 Å². The van der Waals surface area contributed by atoms with E-state index >= 15 is 0 Å². The quantitative estimate of drug-likeness (QED) is 0.0320. The van der Waals surface area contributed by atoms with E-state index < -0.39 is 12.1 Å². The Kier molecular flexibility index (Phi) is 67.4. The summed E-state index contributed by atoms with van der Waals surface area (Å²) in [6.07, 6.45) is 87.1. The molecule has 0 radical (unpaired) electrons. The topological polar surface area (TPSA) is 95.9 Å². The first-order chi connectivity index (χ1) is 39.0. The first-order valence-electron chi connectivity index (χ1n) is 36.1. The third-order valence-electron chi connectivity index (χ3n) is 17.0. The molecule has 1 amide bonds. The average Bonchev–Trinajstić information content (AvgIpc) is 3.45. The summed E-state index contributed by atoms with van der Waals surface area (Å²) in [5, 5.41) is 23.2. The van der Waals surface area contributed by atoms with Gasteiger partial charge < -0.3 is 20.3 Å². The lowest BCUT2D eigenvalue weighted by molar-refractivity contribution is -0.143. The summed E-state index contributed by atoms with van der Waals surface area (Å²) in [6, 6.07) is -0.625. The maximum absolute atomic E-state index is 12.5. The highest BCUT2D eigenvalue weighted by atomic mass is 16.5. The van der Waals surface area contributed by atoms with E-state index in [4.69, 9.17) is 4.74 Å². The Bertz CT molecular complexity index is 1230. The van der Waals surface area contributed by atoms with E-state index in [1.807, 2.05) is 6.08 Å². The highest BCUT2D eigenvalue weighted by Gasteiger charge is 2.18. The van der Waals surface area contributed by atoms with Crippen LogP contribution in [0.2, 0.25) is 0 Å². The van der Waals surface area contributed by atoms with E-state index in [-0.39, 0.29) is 18.5 Å². The molecular weight excluding hydrogens is 971 g/mol. The Labute approximate surface area is 494 Å². The first kappa shape index (κ1) is 77.3. The van der Waals surface area contributed by atoms with Crippen molar-refractivity contribution in [1.82, 2.24) is 5.32 Å². The second kappa shape index (κ2) is 68.8. The van der Waals surface area contributed by atoms with Gasteiger partial charge in [0.15, 0.2) is 0 Å². The highest BCUT2D eigenvalue weighted by molar-refractivity contribution is 5.76. The number of esters is 1. The van der Waals surface area contributed by atoms with Crippen molar-refractivity contribution in [3.63, 3.8) is 0 Å². The van der Waals surface area contributed by atoms with Crippen molar-refractivity contribution in [2.45, 2.75) is 418 Å². The van der Waals surface area contributed by atoms with Crippen molar-refractivity contribution in [2.24, 2.45) is 0 Å². The van der Waals surface area contributed by atoms with E-state index in [0.717, 1.165) is 38.5 Å². The molecule has 0 heterocycles. The predicted octanol–water partition coefficient (Wildman–Crippen LogP) is 23.3. The van der Waals surface area contributed by atoms with Crippen molar-refractivity contribution in [2.75, 3.05) is 13.2 Å². The monoisotopic (exact) mass is 1110 g/mol. The zero-order valence-corrected chi connectivity index (χ0v) is 53.6. The average molecular weight is 1110 g/mol. The zero-order chi connectivity index (χ0) is 57.1. The smallest absolute Gasteiger partial charge is 0.305 e. The van der Waals surface area contributed by atoms with E-state index in [2.05, 4.69) is 31.3 Å². The van der Waals surface area contributed by atoms with Crippen molar-refractivity contribution in [3.8, 4) is 0 Å². The summed E-state index contributed by atoms with van der Waals surface area (Å²) in [4.78, 5) is 24.5. The van der Waals surface area contributed by atoms with Crippen LogP contribution in [0.3, 0.4) is 0 Å². The van der Waals surface area contributed by atoms with Crippen LogP contribution in [-0.2, 0) is 14.3 Å². The van der Waals surface area contributed by atoms with E-state index in [9.17, 15) is 19.8 Å². The number of allylic oxidation sites excluding steroid dienone is 3. The van der Waals surface area contributed by atoms with E-state index in [1.165, 1.54) is 340 Å². The number of ether oxygens (including phenoxy) is 1. The number of carbonyl (C=O) groups is 2. The maximum atomic E-state index is 12.5. The molecule has 0 rings (SSSR count). The number of amides is 1. The van der Waals surface area contributed by atoms with Gasteiger partial charge in [-0.2, -0.15) is 0 Å². The third kappa shape index (κ3) is 65.4. The van der Waals surface area contributed by atoms with E-state index in [0.29, 0.717) is 19.4 Å². The molecule has 0 aromatic heterocycles. The van der Waals surface area contributed by atoms with Crippen LogP contribution in [0.4, 0.5) is 0 Å². The van der Waals surface area contributed by atoms with Crippen LogP contribution in [0.1, 0.15) is 406 Å². The van der Waals surface area contributed by atoms with Crippen molar-refractivity contribution in [1.29, 1.82) is 0 Å². The van der Waals surface area contributed by atoms with Crippen LogP contribution < -0.4 is 5.32 Å². The number of unbranched alkanes of at least 4 members (excludes halogenated alkanes) is 55. The minimum atomic E-state index is -0.841. The lowest BCUT2D eigenvalue weighted by Gasteiger charge is -2.20. The summed E-state index contributed by atoms with van der Waals surface area (Å²) >= 11 is 0. The third-order valence-corrected chi connectivity index (χ3v) is 17.0. The van der Waals surface area contributed by atoms with E-state index in [1.54, 1.807) is 6.08 Å². The Morgan fingerprint density at radius 3 is 0.899 bits per heavy atom. The van der Waals surface area contributed by atoms with Crippen LogP contribution in [-0.4, -0.2) is 47.4 Å². The fraction of sp³-hybridized carbons (Fsp3) is 0.918. The van der Waals surface area contributed by atoms with Gasteiger partial charge in [-0.05, 0) is 57.8 Å². The largest absolute Gasteiger partial charge is 0.466 e. The number of aliphatic hydroxyl groups is 2. The Morgan fingerprint density at radius 2 is 0.595 bits per heavy atom. The minimum Gasteiger partial charge on any atom is -0.466 e. The number of hydrogen-bond donors (Lipinski definition) is 3. The minimum absolute atomic E-state index is 0.0202. The van der Waals surface area contributed by atoms with Gasteiger partial charge in [0, 0.05) is 12.8 Å². The Hall–Kier alpha value is -1.66. The number of rotatable bonds is 68. The molecule has 0 aromatic carbocycles. The molecule has 0 fully saturated rings. The summed E-state index contributed by atoms with van der Waals surface area (Å²) < 4.78 is 5.48. The fourth-order valence-electron chi connectivity index (χ4n) is 11.5. The number of aliphatic hydroxyl groups excluding tert-OH is 2. The Morgan fingerprint density at radius 1 is 0.342 bits per heavy atom. The van der Waals surface area contributed by atoms with Gasteiger partial charge in [0.2, 0.25) is 5.91 Å². The van der Waals surface area contributed by atoms with Crippen molar-refractivity contribution < 1.29 is 24.5 Å². The molecule has 0 aliphatic rings. The van der Waals surface area contributed by atoms with Crippen LogP contribution in [0, 0.1) is 0 Å². The van der Waals surface area contributed by atoms with Crippen LogP contribution in [0.5, 0.6) is 0 Å². The van der Waals surface area contributed by atoms with Gasteiger partial charge in [-0.25, -0.2) is 0 Å². The molecule has 468 valence electrons. The molecule has 0 aliphatic heterocycles. The molecule has 0 saturated heterocycles. The summed E-state index contributed by atoms with van der Waals surface area (Å²) in [6.45, 7) is 4.94. The Balaban J connectivity index is 3.35. The molecule has 0 bridgehead atoms. The summed E-state index contributed by atoms with van der Waals surface area (Å²) in [5.74, 6) is -0.0412. The van der Waals surface area contributed by atoms with Crippen LogP contribution in [0.15, 0.2) is 24.3 Å². The second-order valence-electron chi connectivity index (χ2n) is 24.9. The molecule has 0 spiro atoms. The van der Waals surface area contributed by atoms with Crippen LogP contribution >= 0.6 is 0 Å². The van der Waals surface area contributed by atoms with Crippen LogP contribution in [0.25, 0.3) is 0 Å². The van der Waals surface area contributed by atoms with Gasteiger partial charge in [-0.15, -0.1) is 0 Å². The highest BCUT2D eigenvalue weighted by Crippen LogP contribution is 2.19. The predicted molar refractivity (Wildman–Crippen MR) is 347 cm³/mol. The molecular formula is C73H141NO5.